The molecule has 2 aromatic rings. The van der Waals surface area contributed by atoms with Gasteiger partial charge in [-0.25, -0.2) is 0 Å². The first kappa shape index (κ1) is 22.0. The van der Waals surface area contributed by atoms with E-state index in [-0.39, 0.29) is 6.10 Å². The van der Waals surface area contributed by atoms with Crippen LogP contribution in [0.1, 0.15) is 52.2 Å². The molecule has 0 fully saturated rings. The first-order valence-electron chi connectivity index (χ1n) is 9.07. The average Bonchev–Trinajstić information content (AvgIpc) is 2.62. The SMILES string of the molecule is CC.CC.Cc1ccccc1OCCC(C)Oc1ccccc1C. The number of ether oxygens (including phenoxy) is 2. The van der Waals surface area contributed by atoms with Gasteiger partial charge in [0.1, 0.15) is 11.5 Å². The molecule has 0 amide bonds. The molecule has 0 N–H and O–H groups in total. The van der Waals surface area contributed by atoms with Crippen molar-refractivity contribution >= 4 is 0 Å². The molecule has 0 saturated carbocycles. The number of para-hydroxylation sites is 2. The Morgan fingerprint density at radius 2 is 1.21 bits per heavy atom. The number of hydrogen-bond acceptors (Lipinski definition) is 2. The zero-order valence-electron chi connectivity index (χ0n) is 16.4. The summed E-state index contributed by atoms with van der Waals surface area (Å²) in [5, 5.41) is 0. The summed E-state index contributed by atoms with van der Waals surface area (Å²) in [6.07, 6.45) is 1.00. The number of benzene rings is 2. The maximum absolute atomic E-state index is 5.93. The molecular weight excluding hydrogens is 296 g/mol. The summed E-state index contributed by atoms with van der Waals surface area (Å²) in [4.78, 5) is 0. The number of aryl methyl sites for hydroxylation is 2. The van der Waals surface area contributed by atoms with E-state index in [0.717, 1.165) is 17.9 Å². The third-order valence-electron chi connectivity index (χ3n) is 3.30. The van der Waals surface area contributed by atoms with Gasteiger partial charge in [-0.3, -0.25) is 0 Å². The van der Waals surface area contributed by atoms with Crippen molar-refractivity contribution in [2.75, 3.05) is 6.61 Å². The lowest BCUT2D eigenvalue weighted by Gasteiger charge is -2.17. The van der Waals surface area contributed by atoms with Crippen molar-refractivity contribution in [3.8, 4) is 11.5 Å². The molecule has 0 bridgehead atoms. The molecule has 1 unspecified atom stereocenters. The fourth-order valence-corrected chi connectivity index (χ4v) is 2.02. The standard InChI is InChI=1S/C18H22O2.2C2H6/c1-14-8-4-6-10-17(14)19-13-12-16(3)20-18-11-7-5-9-15(18)2;2*1-2/h4-11,16H,12-13H2,1-3H3;2*1-2H3. The zero-order chi connectivity index (χ0) is 18.4. The highest BCUT2D eigenvalue weighted by Gasteiger charge is 2.07. The smallest absolute Gasteiger partial charge is 0.122 e. The van der Waals surface area contributed by atoms with Crippen LogP contribution in [0.15, 0.2) is 48.5 Å². The Balaban J connectivity index is 0.00000123. The van der Waals surface area contributed by atoms with E-state index in [1.807, 2.05) is 64.1 Å². The monoisotopic (exact) mass is 330 g/mol. The van der Waals surface area contributed by atoms with E-state index in [0.29, 0.717) is 6.61 Å². The maximum atomic E-state index is 5.93. The van der Waals surface area contributed by atoms with Crippen molar-refractivity contribution < 1.29 is 9.47 Å². The molecule has 0 saturated heterocycles. The van der Waals surface area contributed by atoms with Gasteiger partial charge in [0.05, 0.1) is 12.7 Å². The van der Waals surface area contributed by atoms with Gasteiger partial charge in [0.15, 0.2) is 0 Å². The minimum atomic E-state index is 0.139. The van der Waals surface area contributed by atoms with Crippen molar-refractivity contribution in [3.63, 3.8) is 0 Å². The molecular formula is C22H34O2. The quantitative estimate of drug-likeness (QED) is 0.594. The van der Waals surface area contributed by atoms with E-state index in [1.54, 1.807) is 0 Å². The first-order valence-corrected chi connectivity index (χ1v) is 9.07. The van der Waals surface area contributed by atoms with Crippen LogP contribution in [-0.4, -0.2) is 12.7 Å². The fraction of sp³-hybridized carbons (Fsp3) is 0.455. The predicted octanol–water partition coefficient (Wildman–Crippen LogP) is 6.59. The number of hydrogen-bond donors (Lipinski definition) is 0. The molecule has 0 radical (unpaired) electrons. The molecule has 2 rings (SSSR count). The van der Waals surface area contributed by atoms with Crippen molar-refractivity contribution in [3.05, 3.63) is 59.7 Å². The molecule has 0 aliphatic heterocycles. The molecule has 0 aliphatic rings. The van der Waals surface area contributed by atoms with E-state index in [9.17, 15) is 0 Å². The van der Waals surface area contributed by atoms with Crippen LogP contribution in [0.2, 0.25) is 0 Å². The summed E-state index contributed by atoms with van der Waals surface area (Å²) >= 11 is 0. The van der Waals surface area contributed by atoms with E-state index < -0.39 is 0 Å². The lowest BCUT2D eigenvalue weighted by atomic mass is 10.2. The Morgan fingerprint density at radius 3 is 1.71 bits per heavy atom. The van der Waals surface area contributed by atoms with Gasteiger partial charge in [0, 0.05) is 6.42 Å². The van der Waals surface area contributed by atoms with Gasteiger partial charge in [-0.1, -0.05) is 64.1 Å². The van der Waals surface area contributed by atoms with Crippen LogP contribution in [0.3, 0.4) is 0 Å². The molecule has 0 spiro atoms. The molecule has 0 aliphatic carbocycles. The van der Waals surface area contributed by atoms with E-state index in [2.05, 4.69) is 32.9 Å². The summed E-state index contributed by atoms with van der Waals surface area (Å²) in [6, 6.07) is 16.2. The molecule has 134 valence electrons. The van der Waals surface area contributed by atoms with Gasteiger partial charge >= 0.3 is 0 Å². The summed E-state index contributed by atoms with van der Waals surface area (Å²) in [5.41, 5.74) is 2.33. The number of rotatable bonds is 6. The lowest BCUT2D eigenvalue weighted by Crippen LogP contribution is -2.16. The third-order valence-corrected chi connectivity index (χ3v) is 3.30. The van der Waals surface area contributed by atoms with Gasteiger partial charge in [-0.05, 0) is 44.0 Å². The summed E-state index contributed by atoms with van der Waals surface area (Å²) < 4.78 is 11.7. The second-order valence-electron chi connectivity index (χ2n) is 5.10. The highest BCUT2D eigenvalue weighted by Crippen LogP contribution is 2.20. The van der Waals surface area contributed by atoms with Crippen LogP contribution in [0.25, 0.3) is 0 Å². The van der Waals surface area contributed by atoms with Gasteiger partial charge in [-0.15, -0.1) is 0 Å². The Hall–Kier alpha value is -1.96. The van der Waals surface area contributed by atoms with Crippen LogP contribution >= 0.6 is 0 Å². The Labute approximate surface area is 148 Å². The van der Waals surface area contributed by atoms with E-state index in [4.69, 9.17) is 9.47 Å². The Kier molecular flexibility index (Phi) is 12.4. The van der Waals surface area contributed by atoms with Crippen LogP contribution in [-0.2, 0) is 0 Å². The van der Waals surface area contributed by atoms with E-state index >= 15 is 0 Å². The van der Waals surface area contributed by atoms with Crippen molar-refractivity contribution in [2.24, 2.45) is 0 Å². The van der Waals surface area contributed by atoms with Gasteiger partial charge in [-0.2, -0.15) is 0 Å². The molecule has 2 nitrogen and oxygen atoms in total. The molecule has 2 aromatic carbocycles. The minimum absolute atomic E-state index is 0.139. The molecule has 0 heterocycles. The van der Waals surface area contributed by atoms with Gasteiger partial charge in [0.25, 0.3) is 0 Å². The molecule has 24 heavy (non-hydrogen) atoms. The third kappa shape index (κ3) is 8.05. The average molecular weight is 331 g/mol. The molecule has 0 aromatic heterocycles. The zero-order valence-corrected chi connectivity index (χ0v) is 16.4. The van der Waals surface area contributed by atoms with Crippen LogP contribution in [0, 0.1) is 13.8 Å². The van der Waals surface area contributed by atoms with Crippen LogP contribution < -0.4 is 9.47 Å². The lowest BCUT2D eigenvalue weighted by molar-refractivity contribution is 0.175. The fourth-order valence-electron chi connectivity index (χ4n) is 2.02. The van der Waals surface area contributed by atoms with Crippen molar-refractivity contribution in [2.45, 2.75) is 61.0 Å². The van der Waals surface area contributed by atoms with Gasteiger partial charge in [0.2, 0.25) is 0 Å². The summed E-state index contributed by atoms with van der Waals surface area (Å²) in [6.45, 7) is 14.9. The minimum Gasteiger partial charge on any atom is -0.493 e. The van der Waals surface area contributed by atoms with Crippen LogP contribution in [0.4, 0.5) is 0 Å². The Morgan fingerprint density at radius 1 is 0.750 bits per heavy atom. The normalized spacial score (nSPS) is 10.5. The van der Waals surface area contributed by atoms with Crippen molar-refractivity contribution in [1.29, 1.82) is 0 Å². The Bertz CT molecular complexity index is 549. The highest BCUT2D eigenvalue weighted by atomic mass is 16.5. The summed E-state index contributed by atoms with van der Waals surface area (Å²) in [5.74, 6) is 1.91. The second-order valence-corrected chi connectivity index (χ2v) is 5.10. The largest absolute Gasteiger partial charge is 0.493 e. The summed E-state index contributed by atoms with van der Waals surface area (Å²) in [7, 11) is 0. The van der Waals surface area contributed by atoms with Crippen LogP contribution in [0.5, 0.6) is 11.5 Å². The first-order chi connectivity index (χ1) is 11.7. The van der Waals surface area contributed by atoms with Crippen molar-refractivity contribution in [1.82, 2.24) is 0 Å². The predicted molar refractivity (Wildman–Crippen MR) is 105 cm³/mol. The topological polar surface area (TPSA) is 18.5 Å². The van der Waals surface area contributed by atoms with E-state index in [1.165, 1.54) is 11.1 Å². The highest BCUT2D eigenvalue weighted by molar-refractivity contribution is 5.32. The maximum Gasteiger partial charge on any atom is 0.122 e. The molecule has 1 atom stereocenters. The second kappa shape index (κ2) is 13.5. The molecule has 2 heteroatoms. The van der Waals surface area contributed by atoms with Gasteiger partial charge < -0.3 is 9.47 Å².